The molecule has 0 aliphatic carbocycles. The van der Waals surface area contributed by atoms with Crippen molar-refractivity contribution in [2.45, 2.75) is 32.9 Å². The Morgan fingerprint density at radius 2 is 2.00 bits per heavy atom. The number of rotatable bonds is 3. The van der Waals surface area contributed by atoms with Gasteiger partial charge in [0, 0.05) is 24.0 Å². The van der Waals surface area contributed by atoms with Gasteiger partial charge in [0.05, 0.1) is 10.6 Å². The Kier molecular flexibility index (Phi) is 4.47. The molecule has 0 saturated heterocycles. The van der Waals surface area contributed by atoms with Crippen molar-refractivity contribution in [2.24, 2.45) is 0 Å². The zero-order chi connectivity index (χ0) is 18.3. The maximum absolute atomic E-state index is 12.0. The Balaban J connectivity index is 1.82. The lowest BCUT2D eigenvalue weighted by atomic mass is 10.0. The zero-order valence-corrected chi connectivity index (χ0v) is 15.5. The molecule has 0 bridgehead atoms. The highest BCUT2D eigenvalue weighted by Crippen LogP contribution is 2.40. The van der Waals surface area contributed by atoms with Crippen LogP contribution in [-0.2, 0) is 13.0 Å². The molecule has 1 aliphatic heterocycles. The predicted molar refractivity (Wildman–Crippen MR) is 103 cm³/mol. The van der Waals surface area contributed by atoms with Crippen molar-refractivity contribution >= 4 is 22.6 Å². The fourth-order valence-electron chi connectivity index (χ4n) is 3.55. The third-order valence-electron chi connectivity index (χ3n) is 5.07. The number of benzene rings is 2. The van der Waals surface area contributed by atoms with Gasteiger partial charge < -0.3 is 9.15 Å². The van der Waals surface area contributed by atoms with Crippen LogP contribution in [0.3, 0.4) is 0 Å². The molecule has 0 fully saturated rings. The summed E-state index contributed by atoms with van der Waals surface area (Å²) in [6.45, 7) is 5.20. The molecule has 0 amide bonds. The third kappa shape index (κ3) is 2.89. The topological polar surface area (TPSA) is 42.7 Å². The van der Waals surface area contributed by atoms with Gasteiger partial charge in [0.25, 0.3) is 0 Å². The first-order valence-corrected chi connectivity index (χ1v) is 9.16. The molecule has 0 saturated carbocycles. The van der Waals surface area contributed by atoms with Crippen LogP contribution >= 0.6 is 11.6 Å². The molecule has 1 aromatic heterocycles. The van der Waals surface area contributed by atoms with E-state index in [0.717, 1.165) is 22.9 Å². The summed E-state index contributed by atoms with van der Waals surface area (Å²) in [6.07, 6.45) is 0.738. The molecule has 5 heteroatoms. The van der Waals surface area contributed by atoms with Crippen LogP contribution in [0.15, 0.2) is 51.7 Å². The summed E-state index contributed by atoms with van der Waals surface area (Å²) in [5.41, 5.74) is 3.23. The SMILES string of the molecule is CCc1cc(=O)oc2c3c(c(Cl)cc12)OCN([C@@H](C)c1ccccc1)C3. The first kappa shape index (κ1) is 17.1. The van der Waals surface area contributed by atoms with Crippen molar-refractivity contribution in [2.75, 3.05) is 6.73 Å². The number of ether oxygens (including phenoxy) is 1. The Hall–Kier alpha value is -2.30. The summed E-state index contributed by atoms with van der Waals surface area (Å²) in [5, 5.41) is 1.44. The fourth-order valence-corrected chi connectivity index (χ4v) is 3.83. The standard InChI is InChI=1S/C21H20ClNO3/c1-3-14-9-19(24)26-20-16(14)10-18(22)21-17(20)11-23(12-25-21)13(2)15-7-5-4-6-8-15/h4-10,13H,3,11-12H2,1-2H3/t13-/m0/s1. The van der Waals surface area contributed by atoms with Gasteiger partial charge in [-0.15, -0.1) is 0 Å². The molecule has 0 N–H and O–H groups in total. The van der Waals surface area contributed by atoms with Gasteiger partial charge in [-0.3, -0.25) is 4.90 Å². The minimum absolute atomic E-state index is 0.166. The molecule has 0 unspecified atom stereocenters. The summed E-state index contributed by atoms with van der Waals surface area (Å²) in [6, 6.07) is 13.8. The van der Waals surface area contributed by atoms with Gasteiger partial charge in [0.1, 0.15) is 18.1 Å². The highest BCUT2D eigenvalue weighted by atomic mass is 35.5. The second-order valence-electron chi connectivity index (χ2n) is 6.59. The molecule has 3 aromatic rings. The van der Waals surface area contributed by atoms with E-state index in [1.807, 2.05) is 31.2 Å². The van der Waals surface area contributed by atoms with Crippen molar-refractivity contribution in [3.8, 4) is 5.75 Å². The quantitative estimate of drug-likeness (QED) is 0.614. The monoisotopic (exact) mass is 369 g/mol. The fraction of sp³-hybridized carbons (Fsp3) is 0.286. The molecule has 26 heavy (non-hydrogen) atoms. The van der Waals surface area contributed by atoms with Gasteiger partial charge in [0.15, 0.2) is 0 Å². The van der Waals surface area contributed by atoms with Crippen LogP contribution in [-0.4, -0.2) is 11.6 Å². The minimum atomic E-state index is -0.341. The van der Waals surface area contributed by atoms with E-state index in [1.165, 1.54) is 5.56 Å². The van der Waals surface area contributed by atoms with E-state index in [2.05, 4.69) is 24.0 Å². The van der Waals surface area contributed by atoms with Crippen LogP contribution in [0, 0.1) is 0 Å². The third-order valence-corrected chi connectivity index (χ3v) is 5.35. The number of aryl methyl sites for hydroxylation is 1. The van der Waals surface area contributed by atoms with Crippen LogP contribution < -0.4 is 10.4 Å². The molecule has 2 heterocycles. The van der Waals surface area contributed by atoms with Crippen molar-refractivity contribution < 1.29 is 9.15 Å². The van der Waals surface area contributed by atoms with E-state index < -0.39 is 0 Å². The summed E-state index contributed by atoms with van der Waals surface area (Å²) < 4.78 is 11.5. The average Bonchev–Trinajstić information content (AvgIpc) is 2.68. The van der Waals surface area contributed by atoms with E-state index in [9.17, 15) is 4.79 Å². The highest BCUT2D eigenvalue weighted by molar-refractivity contribution is 6.33. The van der Waals surface area contributed by atoms with Crippen LogP contribution in [0.25, 0.3) is 11.0 Å². The molecule has 1 atom stereocenters. The predicted octanol–water partition coefficient (Wildman–Crippen LogP) is 4.92. The minimum Gasteiger partial charge on any atom is -0.476 e. The lowest BCUT2D eigenvalue weighted by Gasteiger charge is -2.34. The number of hydrogen-bond donors (Lipinski definition) is 0. The van der Waals surface area contributed by atoms with Gasteiger partial charge >= 0.3 is 5.63 Å². The van der Waals surface area contributed by atoms with E-state index in [1.54, 1.807) is 6.07 Å². The number of hydrogen-bond acceptors (Lipinski definition) is 4. The zero-order valence-electron chi connectivity index (χ0n) is 14.8. The summed E-state index contributed by atoms with van der Waals surface area (Å²) in [7, 11) is 0. The smallest absolute Gasteiger partial charge is 0.336 e. The molecule has 4 rings (SSSR count). The lowest BCUT2D eigenvalue weighted by molar-refractivity contribution is 0.0621. The molecule has 0 spiro atoms. The molecule has 2 aromatic carbocycles. The van der Waals surface area contributed by atoms with Crippen LogP contribution in [0.4, 0.5) is 0 Å². The Morgan fingerprint density at radius 1 is 1.23 bits per heavy atom. The number of halogens is 1. The molecule has 0 radical (unpaired) electrons. The van der Waals surface area contributed by atoms with Gasteiger partial charge in [-0.2, -0.15) is 0 Å². The van der Waals surface area contributed by atoms with Gasteiger partial charge in [-0.1, -0.05) is 48.9 Å². The summed E-state index contributed by atoms with van der Waals surface area (Å²) >= 11 is 6.47. The van der Waals surface area contributed by atoms with Crippen LogP contribution in [0.2, 0.25) is 5.02 Å². The normalized spacial score (nSPS) is 15.5. The molecule has 134 valence electrons. The van der Waals surface area contributed by atoms with Crippen molar-refractivity contribution in [1.29, 1.82) is 0 Å². The Morgan fingerprint density at radius 3 is 2.73 bits per heavy atom. The molecular weight excluding hydrogens is 350 g/mol. The average molecular weight is 370 g/mol. The van der Waals surface area contributed by atoms with Crippen LogP contribution in [0.5, 0.6) is 5.75 Å². The first-order chi connectivity index (χ1) is 12.6. The van der Waals surface area contributed by atoms with Crippen molar-refractivity contribution in [3.05, 3.63) is 74.6 Å². The van der Waals surface area contributed by atoms with E-state index >= 15 is 0 Å². The van der Waals surface area contributed by atoms with Gasteiger partial charge in [-0.05, 0) is 30.5 Å². The van der Waals surface area contributed by atoms with Crippen molar-refractivity contribution in [1.82, 2.24) is 4.90 Å². The first-order valence-electron chi connectivity index (χ1n) is 8.78. The second-order valence-corrected chi connectivity index (χ2v) is 7.00. The number of fused-ring (bicyclic) bond motifs is 3. The summed E-state index contributed by atoms with van der Waals surface area (Å²) in [5.74, 6) is 0.618. The van der Waals surface area contributed by atoms with E-state index in [4.69, 9.17) is 20.8 Å². The Bertz CT molecular complexity index is 1010. The van der Waals surface area contributed by atoms with Gasteiger partial charge in [0.2, 0.25) is 0 Å². The van der Waals surface area contributed by atoms with E-state index in [0.29, 0.717) is 29.6 Å². The maximum atomic E-state index is 12.0. The van der Waals surface area contributed by atoms with Crippen molar-refractivity contribution in [3.63, 3.8) is 0 Å². The number of nitrogens with zero attached hydrogens (tertiary/aromatic N) is 1. The van der Waals surface area contributed by atoms with Gasteiger partial charge in [-0.25, -0.2) is 4.79 Å². The van der Waals surface area contributed by atoms with Crippen LogP contribution in [0.1, 0.15) is 36.6 Å². The Labute approximate surface area is 156 Å². The second kappa shape index (κ2) is 6.78. The molecular formula is C21H20ClNO3. The summed E-state index contributed by atoms with van der Waals surface area (Å²) in [4.78, 5) is 14.2. The highest BCUT2D eigenvalue weighted by Gasteiger charge is 2.28. The van der Waals surface area contributed by atoms with E-state index in [-0.39, 0.29) is 11.7 Å². The molecule has 1 aliphatic rings. The largest absolute Gasteiger partial charge is 0.476 e. The molecule has 4 nitrogen and oxygen atoms in total. The maximum Gasteiger partial charge on any atom is 0.336 e. The lowest BCUT2D eigenvalue weighted by Crippen LogP contribution is -2.34.